The Hall–Kier alpha value is -3.48. The van der Waals surface area contributed by atoms with Crippen LogP contribution in [0.4, 0.5) is 10.1 Å². The molecule has 2 amide bonds. The maximum absolute atomic E-state index is 13.1. The Morgan fingerprint density at radius 3 is 2.76 bits per heavy atom. The van der Waals surface area contributed by atoms with Gasteiger partial charge in [-0.15, -0.1) is 0 Å². The molecule has 2 N–H and O–H groups in total. The predicted octanol–water partition coefficient (Wildman–Crippen LogP) is 4.16. The third kappa shape index (κ3) is 4.51. The minimum atomic E-state index is -0.332. The largest absolute Gasteiger partial charge is 0.457 e. The van der Waals surface area contributed by atoms with E-state index >= 15 is 0 Å². The first-order chi connectivity index (χ1) is 14.1. The van der Waals surface area contributed by atoms with Crippen molar-refractivity contribution in [2.24, 2.45) is 0 Å². The summed E-state index contributed by atoms with van der Waals surface area (Å²) in [5.74, 6) is 0.690. The van der Waals surface area contributed by atoms with Gasteiger partial charge in [0, 0.05) is 42.0 Å². The second-order valence-electron chi connectivity index (χ2n) is 6.98. The molecule has 0 saturated carbocycles. The number of ether oxygens (including phenoxy) is 1. The van der Waals surface area contributed by atoms with Crippen LogP contribution in [0.25, 0.3) is 10.8 Å². The summed E-state index contributed by atoms with van der Waals surface area (Å²) in [6.07, 6.45) is 5.54. The fourth-order valence-electron chi connectivity index (χ4n) is 3.40. The number of fused-ring (bicyclic) bond motifs is 1. The molecule has 0 aliphatic carbocycles. The van der Waals surface area contributed by atoms with Crippen molar-refractivity contribution in [2.45, 2.75) is 31.7 Å². The number of nitrogens with one attached hydrogen (secondary N) is 2. The maximum atomic E-state index is 13.1. The van der Waals surface area contributed by atoms with E-state index in [-0.39, 0.29) is 23.7 Å². The van der Waals surface area contributed by atoms with Crippen LogP contribution in [-0.2, 0) is 9.59 Å². The Morgan fingerprint density at radius 2 is 2.00 bits per heavy atom. The zero-order valence-electron chi connectivity index (χ0n) is 15.7. The van der Waals surface area contributed by atoms with Crippen LogP contribution >= 0.6 is 0 Å². The number of halogens is 1. The summed E-state index contributed by atoms with van der Waals surface area (Å²) in [7, 11) is 0. The van der Waals surface area contributed by atoms with E-state index in [1.54, 1.807) is 42.7 Å². The first-order valence-corrected chi connectivity index (χ1v) is 9.48. The van der Waals surface area contributed by atoms with Crippen molar-refractivity contribution in [3.63, 3.8) is 0 Å². The molecule has 0 radical (unpaired) electrons. The van der Waals surface area contributed by atoms with Crippen LogP contribution in [0.2, 0.25) is 0 Å². The monoisotopic (exact) mass is 393 g/mol. The van der Waals surface area contributed by atoms with Gasteiger partial charge in [-0.25, -0.2) is 4.39 Å². The average molecular weight is 393 g/mol. The fourth-order valence-corrected chi connectivity index (χ4v) is 3.40. The van der Waals surface area contributed by atoms with Crippen molar-refractivity contribution >= 4 is 28.3 Å². The Kier molecular flexibility index (Phi) is 5.37. The number of benzene rings is 2. The highest BCUT2D eigenvalue weighted by atomic mass is 19.1. The fraction of sp³-hybridized carbons (Fsp3) is 0.227. The predicted molar refractivity (Wildman–Crippen MR) is 107 cm³/mol. The van der Waals surface area contributed by atoms with Crippen LogP contribution in [-0.4, -0.2) is 22.8 Å². The average Bonchev–Trinajstić information content (AvgIpc) is 3.15. The zero-order valence-corrected chi connectivity index (χ0v) is 15.7. The van der Waals surface area contributed by atoms with Gasteiger partial charge in [-0.1, -0.05) is 0 Å². The van der Waals surface area contributed by atoms with Crippen molar-refractivity contribution in [1.82, 2.24) is 10.3 Å². The first kappa shape index (κ1) is 18.9. The third-order valence-corrected chi connectivity index (χ3v) is 4.90. The van der Waals surface area contributed by atoms with Crippen LogP contribution in [0.15, 0.2) is 54.9 Å². The van der Waals surface area contributed by atoms with E-state index in [4.69, 9.17) is 4.74 Å². The SMILES string of the molecule is O=C(CCC1CCC(=O)N1)Nc1ccc(Oc2ccc(F)cc2)c2ccncc12. The summed E-state index contributed by atoms with van der Waals surface area (Å²) in [6, 6.07) is 11.2. The number of anilines is 1. The molecule has 1 aliphatic rings. The minimum absolute atomic E-state index is 0.0456. The van der Waals surface area contributed by atoms with Crippen molar-refractivity contribution in [3.05, 3.63) is 60.7 Å². The van der Waals surface area contributed by atoms with Gasteiger partial charge in [0.15, 0.2) is 0 Å². The molecule has 1 unspecified atom stereocenters. The number of hydrogen-bond donors (Lipinski definition) is 2. The van der Waals surface area contributed by atoms with Gasteiger partial charge in [0.25, 0.3) is 0 Å². The van der Waals surface area contributed by atoms with Crippen LogP contribution in [0.5, 0.6) is 11.5 Å². The molecule has 29 heavy (non-hydrogen) atoms. The molecule has 1 aromatic heterocycles. The molecule has 148 valence electrons. The molecule has 1 saturated heterocycles. The number of hydrogen-bond acceptors (Lipinski definition) is 4. The molecule has 2 heterocycles. The molecule has 3 aromatic rings. The van der Waals surface area contributed by atoms with Crippen LogP contribution in [0.3, 0.4) is 0 Å². The number of carbonyl (C=O) groups is 2. The van der Waals surface area contributed by atoms with Gasteiger partial charge in [0.05, 0.1) is 5.69 Å². The van der Waals surface area contributed by atoms with Gasteiger partial charge < -0.3 is 15.4 Å². The van der Waals surface area contributed by atoms with Gasteiger partial charge in [0.1, 0.15) is 17.3 Å². The number of rotatable bonds is 6. The van der Waals surface area contributed by atoms with Gasteiger partial charge in [-0.2, -0.15) is 0 Å². The van der Waals surface area contributed by atoms with Crippen LogP contribution in [0, 0.1) is 5.82 Å². The van der Waals surface area contributed by atoms with E-state index in [1.165, 1.54) is 12.1 Å². The summed E-state index contributed by atoms with van der Waals surface area (Å²) in [5.41, 5.74) is 0.639. The minimum Gasteiger partial charge on any atom is -0.457 e. The second-order valence-corrected chi connectivity index (χ2v) is 6.98. The molecule has 4 rings (SSSR count). The number of pyridine rings is 1. The maximum Gasteiger partial charge on any atom is 0.224 e. The third-order valence-electron chi connectivity index (χ3n) is 4.90. The molecule has 1 aliphatic heterocycles. The Balaban J connectivity index is 1.49. The van der Waals surface area contributed by atoms with Crippen molar-refractivity contribution < 1.29 is 18.7 Å². The van der Waals surface area contributed by atoms with Crippen LogP contribution < -0.4 is 15.4 Å². The number of nitrogens with zero attached hydrogens (tertiary/aromatic N) is 1. The summed E-state index contributed by atoms with van der Waals surface area (Å²) in [4.78, 5) is 27.8. The van der Waals surface area contributed by atoms with E-state index in [1.807, 2.05) is 0 Å². The van der Waals surface area contributed by atoms with Crippen molar-refractivity contribution in [3.8, 4) is 11.5 Å². The summed E-state index contributed by atoms with van der Waals surface area (Å²) in [5, 5.41) is 7.32. The summed E-state index contributed by atoms with van der Waals surface area (Å²) >= 11 is 0. The highest BCUT2D eigenvalue weighted by Gasteiger charge is 2.21. The molecule has 1 atom stereocenters. The summed E-state index contributed by atoms with van der Waals surface area (Å²) in [6.45, 7) is 0. The summed E-state index contributed by atoms with van der Waals surface area (Å²) < 4.78 is 19.0. The lowest BCUT2D eigenvalue weighted by Gasteiger charge is -2.14. The highest BCUT2D eigenvalue weighted by molar-refractivity contribution is 6.04. The lowest BCUT2D eigenvalue weighted by Crippen LogP contribution is -2.26. The first-order valence-electron chi connectivity index (χ1n) is 9.48. The van der Waals surface area contributed by atoms with Gasteiger partial charge in [-0.05, 0) is 55.3 Å². The second kappa shape index (κ2) is 8.26. The Labute approximate surface area is 167 Å². The molecule has 1 fully saturated rings. The Bertz CT molecular complexity index is 1050. The van der Waals surface area contributed by atoms with Crippen molar-refractivity contribution in [2.75, 3.05) is 5.32 Å². The molecule has 0 bridgehead atoms. The molecule has 7 heteroatoms. The molecular weight excluding hydrogens is 373 g/mol. The van der Waals surface area contributed by atoms with Gasteiger partial charge in [-0.3, -0.25) is 14.6 Å². The van der Waals surface area contributed by atoms with Gasteiger partial charge in [0.2, 0.25) is 11.8 Å². The van der Waals surface area contributed by atoms with E-state index in [9.17, 15) is 14.0 Å². The van der Waals surface area contributed by atoms with Gasteiger partial charge >= 0.3 is 0 Å². The highest BCUT2D eigenvalue weighted by Crippen LogP contribution is 2.34. The zero-order chi connectivity index (χ0) is 20.2. The van der Waals surface area contributed by atoms with Crippen molar-refractivity contribution in [1.29, 1.82) is 0 Å². The van der Waals surface area contributed by atoms with E-state index in [0.717, 1.165) is 17.2 Å². The molecular formula is C22H20FN3O3. The molecule has 0 spiro atoms. The quantitative estimate of drug-likeness (QED) is 0.659. The normalized spacial score (nSPS) is 15.9. The number of aromatic nitrogens is 1. The molecule has 6 nitrogen and oxygen atoms in total. The van der Waals surface area contributed by atoms with E-state index < -0.39 is 0 Å². The lowest BCUT2D eigenvalue weighted by molar-refractivity contribution is -0.120. The van der Waals surface area contributed by atoms with Crippen LogP contribution in [0.1, 0.15) is 25.7 Å². The van der Waals surface area contributed by atoms with E-state index in [0.29, 0.717) is 36.4 Å². The number of amides is 2. The smallest absolute Gasteiger partial charge is 0.224 e. The Morgan fingerprint density at radius 1 is 1.17 bits per heavy atom. The topological polar surface area (TPSA) is 80.3 Å². The van der Waals surface area contributed by atoms with E-state index in [2.05, 4.69) is 15.6 Å². The standard InChI is InChI=1S/C22H20FN3O3/c23-14-1-5-16(6-2-14)29-20-8-7-19(18-13-24-12-11-17(18)20)26-22(28)10-4-15-3-9-21(27)25-15/h1-2,5-8,11-13,15H,3-4,9-10H2,(H,25,27)(H,26,28). The number of carbonyl (C=O) groups excluding carboxylic acids is 2. The molecule has 2 aromatic carbocycles. The lowest BCUT2D eigenvalue weighted by atomic mass is 10.1.